The van der Waals surface area contributed by atoms with Gasteiger partial charge < -0.3 is 9.80 Å². The summed E-state index contributed by atoms with van der Waals surface area (Å²) in [5, 5.41) is 0. The van der Waals surface area contributed by atoms with Crippen LogP contribution in [0.3, 0.4) is 0 Å². The predicted molar refractivity (Wildman–Crippen MR) is 99.7 cm³/mol. The summed E-state index contributed by atoms with van der Waals surface area (Å²) in [7, 11) is 0. The number of aromatic nitrogens is 3. The number of pyridine rings is 1. The molecule has 0 N–H and O–H groups in total. The zero-order valence-corrected chi connectivity index (χ0v) is 15.4. The molecule has 5 rings (SSSR count). The molecule has 5 heterocycles. The van der Waals surface area contributed by atoms with Crippen molar-refractivity contribution in [2.45, 2.75) is 32.2 Å². The van der Waals surface area contributed by atoms with Gasteiger partial charge in [-0.3, -0.25) is 14.6 Å². The summed E-state index contributed by atoms with van der Waals surface area (Å²) in [4.78, 5) is 42.1. The molecule has 0 radical (unpaired) electrons. The normalized spacial score (nSPS) is 22.0. The van der Waals surface area contributed by atoms with E-state index >= 15 is 0 Å². The highest BCUT2D eigenvalue weighted by Gasteiger charge is 2.41. The van der Waals surface area contributed by atoms with E-state index < -0.39 is 0 Å². The molecule has 7 nitrogen and oxygen atoms in total. The molecule has 7 heteroatoms. The van der Waals surface area contributed by atoms with Crippen molar-refractivity contribution in [2.24, 2.45) is 5.92 Å². The standard InChI is InChI=1S/C20H23N5O2/c1-2-9-25-17-4-3-15(20(25)27)12-24(13-17)19(26)16-10-22-18(23-11-16)14-5-7-21-8-6-14/h5-8,10-11,15,17H,2-4,9,12-13H2,1H3/t15-,17+/m1/s1. The molecule has 0 aliphatic carbocycles. The molecule has 27 heavy (non-hydrogen) atoms. The Balaban J connectivity index is 1.52. The van der Waals surface area contributed by atoms with Crippen LogP contribution in [0.4, 0.5) is 0 Å². The summed E-state index contributed by atoms with van der Waals surface area (Å²) in [6.45, 7) is 3.93. The summed E-state index contributed by atoms with van der Waals surface area (Å²) in [6.07, 6.45) is 9.29. The number of carbonyl (C=O) groups excluding carboxylic acids is 2. The predicted octanol–water partition coefficient (Wildman–Crippen LogP) is 2.01. The second-order valence-corrected chi connectivity index (χ2v) is 7.20. The van der Waals surface area contributed by atoms with E-state index in [1.807, 2.05) is 17.0 Å². The zero-order chi connectivity index (χ0) is 18.8. The lowest BCUT2D eigenvalue weighted by atomic mass is 9.94. The lowest BCUT2D eigenvalue weighted by molar-refractivity contribution is -0.139. The highest BCUT2D eigenvalue weighted by atomic mass is 16.2. The molecular formula is C20H23N5O2. The van der Waals surface area contributed by atoms with Crippen molar-refractivity contribution in [3.8, 4) is 11.4 Å². The van der Waals surface area contributed by atoms with Crippen molar-refractivity contribution in [1.29, 1.82) is 0 Å². The van der Waals surface area contributed by atoms with E-state index in [9.17, 15) is 9.59 Å². The van der Waals surface area contributed by atoms with Gasteiger partial charge in [0.15, 0.2) is 5.82 Å². The number of piperidine rings is 1. The number of amides is 2. The van der Waals surface area contributed by atoms with Gasteiger partial charge in [-0.05, 0) is 31.4 Å². The van der Waals surface area contributed by atoms with Gasteiger partial charge in [0.05, 0.1) is 11.5 Å². The third-order valence-electron chi connectivity index (χ3n) is 5.38. The van der Waals surface area contributed by atoms with Crippen LogP contribution in [0.2, 0.25) is 0 Å². The SMILES string of the molecule is CCCN1C(=O)[C@@H]2CC[C@H]1CN(C(=O)c1cnc(-c3ccncc3)nc1)C2. The second-order valence-electron chi connectivity index (χ2n) is 7.20. The van der Waals surface area contributed by atoms with Crippen LogP contribution in [0.15, 0.2) is 36.9 Å². The minimum Gasteiger partial charge on any atom is -0.338 e. The Kier molecular flexibility index (Phi) is 4.83. The Morgan fingerprint density at radius 3 is 2.59 bits per heavy atom. The zero-order valence-electron chi connectivity index (χ0n) is 15.4. The van der Waals surface area contributed by atoms with Gasteiger partial charge in [0, 0.05) is 56.0 Å². The number of hydrogen-bond donors (Lipinski definition) is 0. The Labute approximate surface area is 158 Å². The van der Waals surface area contributed by atoms with Gasteiger partial charge in [-0.1, -0.05) is 6.92 Å². The number of rotatable bonds is 4. The molecule has 2 atom stereocenters. The van der Waals surface area contributed by atoms with Gasteiger partial charge in [-0.15, -0.1) is 0 Å². The van der Waals surface area contributed by atoms with Crippen molar-refractivity contribution in [1.82, 2.24) is 24.8 Å². The average Bonchev–Trinajstić information content (AvgIpc) is 3.01. The Morgan fingerprint density at radius 1 is 1.15 bits per heavy atom. The first-order valence-corrected chi connectivity index (χ1v) is 9.49. The van der Waals surface area contributed by atoms with Crippen LogP contribution in [-0.2, 0) is 4.79 Å². The van der Waals surface area contributed by atoms with E-state index in [4.69, 9.17) is 0 Å². The molecule has 0 aromatic carbocycles. The van der Waals surface area contributed by atoms with Gasteiger partial charge in [0.1, 0.15) is 0 Å². The van der Waals surface area contributed by atoms with Gasteiger partial charge in [0.25, 0.3) is 5.91 Å². The molecular weight excluding hydrogens is 342 g/mol. The van der Waals surface area contributed by atoms with Crippen molar-refractivity contribution < 1.29 is 9.59 Å². The fourth-order valence-electron chi connectivity index (χ4n) is 4.01. The Hall–Kier alpha value is -2.83. The first-order chi connectivity index (χ1) is 13.2. The molecule has 140 valence electrons. The van der Waals surface area contributed by atoms with Gasteiger partial charge >= 0.3 is 0 Å². The van der Waals surface area contributed by atoms with Crippen LogP contribution in [0.5, 0.6) is 0 Å². The van der Waals surface area contributed by atoms with Crippen molar-refractivity contribution in [2.75, 3.05) is 19.6 Å². The summed E-state index contributed by atoms with van der Waals surface area (Å²) in [5.41, 5.74) is 1.32. The lowest BCUT2D eigenvalue weighted by Gasteiger charge is -2.35. The van der Waals surface area contributed by atoms with Crippen molar-refractivity contribution in [3.05, 3.63) is 42.5 Å². The largest absolute Gasteiger partial charge is 0.338 e. The van der Waals surface area contributed by atoms with E-state index in [1.165, 1.54) is 0 Å². The van der Waals surface area contributed by atoms with E-state index in [0.717, 1.165) is 31.4 Å². The first-order valence-electron chi connectivity index (χ1n) is 9.49. The number of fused-ring (bicyclic) bond motifs is 4. The number of hydrogen-bond acceptors (Lipinski definition) is 5. The maximum atomic E-state index is 13.0. The molecule has 2 aromatic rings. The van der Waals surface area contributed by atoms with Crippen LogP contribution in [0, 0.1) is 5.92 Å². The van der Waals surface area contributed by atoms with E-state index in [0.29, 0.717) is 24.5 Å². The molecule has 3 aliphatic rings. The van der Waals surface area contributed by atoms with Gasteiger partial charge in [-0.2, -0.15) is 0 Å². The quantitative estimate of drug-likeness (QED) is 0.828. The van der Waals surface area contributed by atoms with Crippen LogP contribution >= 0.6 is 0 Å². The maximum absolute atomic E-state index is 13.0. The first kappa shape index (κ1) is 17.6. The van der Waals surface area contributed by atoms with Crippen LogP contribution in [0.25, 0.3) is 11.4 Å². The molecule has 2 amide bonds. The molecule has 3 saturated heterocycles. The highest BCUT2D eigenvalue weighted by molar-refractivity contribution is 5.94. The summed E-state index contributed by atoms with van der Waals surface area (Å²) < 4.78 is 0. The molecule has 2 bridgehead atoms. The minimum absolute atomic E-state index is 0.0868. The van der Waals surface area contributed by atoms with Crippen molar-refractivity contribution in [3.63, 3.8) is 0 Å². The lowest BCUT2D eigenvalue weighted by Crippen LogP contribution is -2.48. The number of nitrogens with zero attached hydrogens (tertiary/aromatic N) is 5. The monoisotopic (exact) mass is 365 g/mol. The van der Waals surface area contributed by atoms with Crippen LogP contribution in [-0.4, -0.2) is 62.2 Å². The fraction of sp³-hybridized carbons (Fsp3) is 0.450. The molecule has 3 fully saturated rings. The number of carbonyl (C=O) groups is 2. The summed E-state index contributed by atoms with van der Waals surface area (Å²) in [6, 6.07) is 3.78. The van der Waals surface area contributed by atoms with Crippen molar-refractivity contribution >= 4 is 11.8 Å². The van der Waals surface area contributed by atoms with Gasteiger partial charge in [-0.25, -0.2) is 9.97 Å². The average molecular weight is 365 g/mol. The Bertz CT molecular complexity index is 824. The topological polar surface area (TPSA) is 79.3 Å². The Morgan fingerprint density at radius 2 is 1.89 bits per heavy atom. The minimum atomic E-state index is -0.0978. The van der Waals surface area contributed by atoms with Crippen LogP contribution < -0.4 is 0 Å². The summed E-state index contributed by atoms with van der Waals surface area (Å²) in [5.74, 6) is 0.581. The van der Waals surface area contributed by atoms with E-state index in [-0.39, 0.29) is 23.8 Å². The van der Waals surface area contributed by atoms with E-state index in [1.54, 1.807) is 29.7 Å². The molecule has 3 aliphatic heterocycles. The van der Waals surface area contributed by atoms with Crippen LogP contribution in [0.1, 0.15) is 36.5 Å². The molecule has 2 aromatic heterocycles. The smallest absolute Gasteiger partial charge is 0.257 e. The second kappa shape index (κ2) is 7.42. The maximum Gasteiger partial charge on any atom is 0.257 e. The van der Waals surface area contributed by atoms with E-state index in [2.05, 4.69) is 21.9 Å². The highest BCUT2D eigenvalue weighted by Crippen LogP contribution is 2.30. The third-order valence-corrected chi connectivity index (χ3v) is 5.38. The third kappa shape index (κ3) is 3.41. The van der Waals surface area contributed by atoms with Gasteiger partial charge in [0.2, 0.25) is 5.91 Å². The molecule has 0 spiro atoms. The molecule has 0 unspecified atom stereocenters. The summed E-state index contributed by atoms with van der Waals surface area (Å²) >= 11 is 0. The fourth-order valence-corrected chi connectivity index (χ4v) is 4.01. The molecule has 0 saturated carbocycles.